The summed E-state index contributed by atoms with van der Waals surface area (Å²) >= 11 is 1.49. The van der Waals surface area contributed by atoms with Crippen LogP contribution < -0.4 is 0 Å². The third-order valence-electron chi connectivity index (χ3n) is 3.84. The van der Waals surface area contributed by atoms with Crippen LogP contribution in [0.2, 0.25) is 0 Å². The SMILES string of the molecule is Cc1nc(-c2nc3ccccc3s2)nc(-c2ccccc2)c1C(=O)O. The predicted octanol–water partition coefficient (Wildman–Crippen LogP) is 4.43. The van der Waals surface area contributed by atoms with Gasteiger partial charge in [-0.2, -0.15) is 0 Å². The summed E-state index contributed by atoms with van der Waals surface area (Å²) in [6.07, 6.45) is 0. The highest BCUT2D eigenvalue weighted by Gasteiger charge is 2.21. The maximum Gasteiger partial charge on any atom is 0.339 e. The highest BCUT2D eigenvalue weighted by molar-refractivity contribution is 7.21. The minimum atomic E-state index is -1.03. The smallest absolute Gasteiger partial charge is 0.339 e. The third-order valence-corrected chi connectivity index (χ3v) is 4.87. The van der Waals surface area contributed by atoms with Crippen molar-refractivity contribution in [2.75, 3.05) is 0 Å². The standard InChI is InChI=1S/C19H13N3O2S/c1-11-15(19(23)24)16(12-7-3-2-4-8-12)22-17(20-11)18-21-13-9-5-6-10-14(13)25-18/h2-10H,1H3,(H,23,24). The molecule has 0 aliphatic rings. The summed E-state index contributed by atoms with van der Waals surface area (Å²) in [6.45, 7) is 1.69. The van der Waals surface area contributed by atoms with Crippen molar-refractivity contribution < 1.29 is 9.90 Å². The number of carboxylic acids is 1. The van der Waals surface area contributed by atoms with E-state index in [1.807, 2.05) is 54.6 Å². The summed E-state index contributed by atoms with van der Waals surface area (Å²) in [5, 5.41) is 10.3. The average molecular weight is 347 g/mol. The van der Waals surface area contributed by atoms with Gasteiger partial charge in [0.05, 0.1) is 21.6 Å². The largest absolute Gasteiger partial charge is 0.478 e. The molecular weight excluding hydrogens is 334 g/mol. The van der Waals surface area contributed by atoms with Crippen LogP contribution in [-0.2, 0) is 0 Å². The van der Waals surface area contributed by atoms with E-state index < -0.39 is 5.97 Å². The van der Waals surface area contributed by atoms with Crippen LogP contribution in [0.3, 0.4) is 0 Å². The lowest BCUT2D eigenvalue weighted by molar-refractivity contribution is 0.0696. The first-order chi connectivity index (χ1) is 12.1. The fourth-order valence-electron chi connectivity index (χ4n) is 2.70. The van der Waals surface area contributed by atoms with Gasteiger partial charge in [0, 0.05) is 5.56 Å². The van der Waals surface area contributed by atoms with E-state index in [4.69, 9.17) is 0 Å². The Hall–Kier alpha value is -3.12. The second-order valence-corrected chi connectivity index (χ2v) is 6.54. The molecule has 122 valence electrons. The molecule has 1 N–H and O–H groups in total. The molecule has 4 rings (SSSR count). The molecule has 0 spiro atoms. The van der Waals surface area contributed by atoms with Gasteiger partial charge >= 0.3 is 5.97 Å². The Bertz CT molecular complexity index is 1060. The number of carboxylic acid groups (broad SMARTS) is 1. The maximum atomic E-state index is 11.7. The van der Waals surface area contributed by atoms with E-state index in [-0.39, 0.29) is 5.56 Å². The lowest BCUT2D eigenvalue weighted by Gasteiger charge is -2.09. The second-order valence-electron chi connectivity index (χ2n) is 5.51. The van der Waals surface area contributed by atoms with Crippen LogP contribution in [0.4, 0.5) is 0 Å². The number of benzene rings is 2. The maximum absolute atomic E-state index is 11.7. The Morgan fingerprint density at radius 1 is 0.960 bits per heavy atom. The molecule has 0 aliphatic carbocycles. The quantitative estimate of drug-likeness (QED) is 0.593. The van der Waals surface area contributed by atoms with Gasteiger partial charge in [0.1, 0.15) is 5.56 Å². The molecule has 25 heavy (non-hydrogen) atoms. The van der Waals surface area contributed by atoms with E-state index in [1.165, 1.54) is 11.3 Å². The molecule has 0 saturated heterocycles. The normalized spacial score (nSPS) is 10.9. The molecule has 0 bridgehead atoms. The Morgan fingerprint density at radius 2 is 1.68 bits per heavy atom. The lowest BCUT2D eigenvalue weighted by Crippen LogP contribution is -2.08. The van der Waals surface area contributed by atoms with E-state index in [9.17, 15) is 9.90 Å². The number of fused-ring (bicyclic) bond motifs is 1. The van der Waals surface area contributed by atoms with Crippen molar-refractivity contribution in [1.29, 1.82) is 0 Å². The van der Waals surface area contributed by atoms with Gasteiger partial charge in [-0.15, -0.1) is 11.3 Å². The van der Waals surface area contributed by atoms with Crippen molar-refractivity contribution in [2.45, 2.75) is 6.92 Å². The number of carbonyl (C=O) groups is 1. The molecule has 2 aromatic heterocycles. The van der Waals surface area contributed by atoms with Gasteiger partial charge in [-0.3, -0.25) is 0 Å². The number of aryl methyl sites for hydroxylation is 1. The van der Waals surface area contributed by atoms with E-state index in [0.717, 1.165) is 15.8 Å². The predicted molar refractivity (Wildman–Crippen MR) is 97.8 cm³/mol. The molecule has 5 nitrogen and oxygen atoms in total. The first kappa shape index (κ1) is 15.4. The topological polar surface area (TPSA) is 76.0 Å². The molecule has 4 aromatic rings. The minimum Gasteiger partial charge on any atom is -0.478 e. The number of thiazole rings is 1. The fraction of sp³-hybridized carbons (Fsp3) is 0.0526. The Morgan fingerprint density at radius 3 is 2.40 bits per heavy atom. The van der Waals surface area contributed by atoms with Crippen LogP contribution in [0.1, 0.15) is 16.1 Å². The molecule has 0 aliphatic heterocycles. The number of rotatable bonds is 3. The molecule has 0 unspecified atom stereocenters. The van der Waals surface area contributed by atoms with Gasteiger partial charge in [-0.05, 0) is 19.1 Å². The van der Waals surface area contributed by atoms with Gasteiger partial charge < -0.3 is 5.11 Å². The fourth-order valence-corrected chi connectivity index (χ4v) is 3.60. The second kappa shape index (κ2) is 6.07. The van der Waals surface area contributed by atoms with Gasteiger partial charge in [0.15, 0.2) is 10.8 Å². The zero-order valence-corrected chi connectivity index (χ0v) is 14.1. The molecule has 0 radical (unpaired) electrons. The first-order valence-electron chi connectivity index (χ1n) is 7.67. The van der Waals surface area contributed by atoms with E-state index >= 15 is 0 Å². The molecule has 0 fully saturated rings. The number of hydrogen-bond donors (Lipinski definition) is 1. The van der Waals surface area contributed by atoms with Crippen LogP contribution in [-0.4, -0.2) is 26.0 Å². The Balaban J connectivity index is 1.95. The van der Waals surface area contributed by atoms with E-state index in [2.05, 4.69) is 15.0 Å². The Labute approximate surface area is 147 Å². The van der Waals surface area contributed by atoms with Crippen molar-refractivity contribution in [2.24, 2.45) is 0 Å². The van der Waals surface area contributed by atoms with Crippen molar-refractivity contribution in [3.05, 3.63) is 65.9 Å². The first-order valence-corrected chi connectivity index (χ1v) is 8.48. The Kier molecular flexibility index (Phi) is 3.74. The summed E-state index contributed by atoms with van der Waals surface area (Å²) in [4.78, 5) is 25.2. The molecule has 6 heteroatoms. The summed E-state index contributed by atoms with van der Waals surface area (Å²) in [7, 11) is 0. The minimum absolute atomic E-state index is 0.121. The van der Waals surface area contributed by atoms with Crippen molar-refractivity contribution in [3.63, 3.8) is 0 Å². The average Bonchev–Trinajstić information content (AvgIpc) is 3.05. The van der Waals surface area contributed by atoms with Crippen molar-refractivity contribution in [3.8, 4) is 22.1 Å². The zero-order valence-electron chi connectivity index (χ0n) is 13.3. The summed E-state index contributed by atoms with van der Waals surface area (Å²) in [6, 6.07) is 17.1. The number of para-hydroxylation sites is 1. The number of hydrogen-bond acceptors (Lipinski definition) is 5. The molecule has 0 saturated carbocycles. The summed E-state index contributed by atoms with van der Waals surface area (Å²) < 4.78 is 1.04. The van der Waals surface area contributed by atoms with Crippen molar-refractivity contribution >= 4 is 27.5 Å². The summed E-state index contributed by atoms with van der Waals surface area (Å²) in [5.41, 5.74) is 2.58. The number of nitrogens with zero attached hydrogens (tertiary/aromatic N) is 3. The third kappa shape index (κ3) is 2.77. The van der Waals surface area contributed by atoms with Crippen molar-refractivity contribution in [1.82, 2.24) is 15.0 Å². The van der Waals surface area contributed by atoms with Crippen LogP contribution in [0.5, 0.6) is 0 Å². The van der Waals surface area contributed by atoms with Gasteiger partial charge in [-0.1, -0.05) is 42.5 Å². The molecular formula is C19H13N3O2S. The van der Waals surface area contributed by atoms with Gasteiger partial charge in [-0.25, -0.2) is 19.7 Å². The van der Waals surface area contributed by atoms with Crippen LogP contribution in [0, 0.1) is 6.92 Å². The van der Waals surface area contributed by atoms with E-state index in [0.29, 0.717) is 22.2 Å². The highest BCUT2D eigenvalue weighted by atomic mass is 32.1. The number of aromatic carboxylic acids is 1. The molecule has 2 aromatic carbocycles. The zero-order chi connectivity index (χ0) is 17.4. The highest BCUT2D eigenvalue weighted by Crippen LogP contribution is 2.31. The van der Waals surface area contributed by atoms with Crippen LogP contribution in [0.15, 0.2) is 54.6 Å². The van der Waals surface area contributed by atoms with Crippen LogP contribution in [0.25, 0.3) is 32.3 Å². The monoisotopic (exact) mass is 347 g/mol. The van der Waals surface area contributed by atoms with E-state index in [1.54, 1.807) is 6.92 Å². The lowest BCUT2D eigenvalue weighted by atomic mass is 10.0. The molecule has 0 atom stereocenters. The van der Waals surface area contributed by atoms with Gasteiger partial charge in [0.25, 0.3) is 0 Å². The van der Waals surface area contributed by atoms with Crippen LogP contribution >= 0.6 is 11.3 Å². The molecule has 0 amide bonds. The molecule has 2 heterocycles. The number of aromatic nitrogens is 3. The summed E-state index contributed by atoms with van der Waals surface area (Å²) in [5.74, 6) is -0.588. The van der Waals surface area contributed by atoms with Gasteiger partial charge in [0.2, 0.25) is 0 Å².